The highest BCUT2D eigenvalue weighted by atomic mass is 16.6. The molecule has 1 aromatic carbocycles. The van der Waals surface area contributed by atoms with Gasteiger partial charge >= 0.3 is 0 Å². The summed E-state index contributed by atoms with van der Waals surface area (Å²) in [6, 6.07) is 7.54. The maximum absolute atomic E-state index is 12.1. The van der Waals surface area contributed by atoms with Crippen LogP contribution in [0.4, 0.5) is 5.69 Å². The number of nitrogens with zero attached hydrogens (tertiary/aromatic N) is 2. The van der Waals surface area contributed by atoms with E-state index in [-0.39, 0.29) is 5.91 Å². The van der Waals surface area contributed by atoms with Crippen LogP contribution < -0.4 is 4.90 Å². The van der Waals surface area contributed by atoms with Crippen LogP contribution in [0.5, 0.6) is 0 Å². The van der Waals surface area contributed by atoms with Crippen molar-refractivity contribution in [1.82, 2.24) is 0 Å². The molecule has 0 saturated heterocycles. The summed E-state index contributed by atoms with van der Waals surface area (Å²) in [7, 11) is 0. The number of oxime groups is 1. The molecular formula is C13H14N2O2. The number of fused-ring (bicyclic) bond motifs is 1. The summed E-state index contributed by atoms with van der Waals surface area (Å²) < 4.78 is 0. The van der Waals surface area contributed by atoms with E-state index in [9.17, 15) is 4.79 Å². The average molecular weight is 230 g/mol. The standard InChI is InChI=1S/C13H14N2O2/c1-3-9-15-11-8-6-5-7-10(11)12(13(15)16)14-17-4-2/h3,5-8H,1,4,9H2,2H3/b14-12+. The molecule has 88 valence electrons. The topological polar surface area (TPSA) is 41.9 Å². The molecule has 2 rings (SSSR count). The van der Waals surface area contributed by atoms with Crippen molar-refractivity contribution in [3.05, 3.63) is 42.5 Å². The fourth-order valence-corrected chi connectivity index (χ4v) is 1.79. The Bertz CT molecular complexity index is 480. The molecule has 4 nitrogen and oxygen atoms in total. The van der Waals surface area contributed by atoms with Crippen LogP contribution in [0.3, 0.4) is 0 Å². The highest BCUT2D eigenvalue weighted by molar-refractivity contribution is 6.54. The van der Waals surface area contributed by atoms with Gasteiger partial charge in [-0.05, 0) is 13.0 Å². The van der Waals surface area contributed by atoms with Crippen LogP contribution >= 0.6 is 0 Å². The van der Waals surface area contributed by atoms with Gasteiger partial charge in [0.2, 0.25) is 0 Å². The van der Waals surface area contributed by atoms with E-state index in [4.69, 9.17) is 4.84 Å². The van der Waals surface area contributed by atoms with Gasteiger partial charge in [0.25, 0.3) is 5.91 Å². The van der Waals surface area contributed by atoms with Crippen LogP contribution in [0.25, 0.3) is 0 Å². The first-order valence-corrected chi connectivity index (χ1v) is 5.51. The molecule has 0 bridgehead atoms. The summed E-state index contributed by atoms with van der Waals surface area (Å²) >= 11 is 0. The van der Waals surface area contributed by atoms with Crippen molar-refractivity contribution in [1.29, 1.82) is 0 Å². The second-order valence-electron chi connectivity index (χ2n) is 3.58. The monoisotopic (exact) mass is 230 g/mol. The molecule has 0 aliphatic carbocycles. The molecule has 4 heteroatoms. The summed E-state index contributed by atoms with van der Waals surface area (Å²) in [6.45, 7) is 6.40. The molecule has 0 N–H and O–H groups in total. The third-order valence-corrected chi connectivity index (χ3v) is 2.49. The maximum atomic E-state index is 12.1. The normalized spacial score (nSPS) is 16.2. The fraction of sp³-hybridized carbons (Fsp3) is 0.231. The Labute approximate surface area is 100 Å². The third kappa shape index (κ3) is 1.93. The Morgan fingerprint density at radius 1 is 1.47 bits per heavy atom. The Balaban J connectivity index is 2.45. The maximum Gasteiger partial charge on any atom is 0.281 e. The number of benzene rings is 1. The number of amides is 1. The zero-order chi connectivity index (χ0) is 12.3. The number of carbonyl (C=O) groups is 1. The first-order valence-electron chi connectivity index (χ1n) is 5.51. The minimum Gasteiger partial charge on any atom is -0.395 e. The van der Waals surface area contributed by atoms with E-state index in [1.807, 2.05) is 31.2 Å². The average Bonchev–Trinajstić information content (AvgIpc) is 2.61. The first kappa shape index (κ1) is 11.4. The molecule has 0 unspecified atom stereocenters. The van der Waals surface area contributed by atoms with E-state index < -0.39 is 0 Å². The van der Waals surface area contributed by atoms with E-state index in [1.165, 1.54) is 0 Å². The summed E-state index contributed by atoms with van der Waals surface area (Å²) in [5.74, 6) is -0.139. The van der Waals surface area contributed by atoms with Crippen molar-refractivity contribution in [2.75, 3.05) is 18.1 Å². The minimum absolute atomic E-state index is 0.139. The molecule has 1 aromatic rings. The second-order valence-corrected chi connectivity index (χ2v) is 3.58. The van der Waals surface area contributed by atoms with Crippen molar-refractivity contribution in [3.63, 3.8) is 0 Å². The van der Waals surface area contributed by atoms with Crippen LogP contribution in [0.15, 0.2) is 42.1 Å². The summed E-state index contributed by atoms with van der Waals surface area (Å²) in [5, 5.41) is 3.89. The largest absolute Gasteiger partial charge is 0.395 e. The van der Waals surface area contributed by atoms with Crippen molar-refractivity contribution in [2.45, 2.75) is 6.92 Å². The van der Waals surface area contributed by atoms with Gasteiger partial charge in [-0.25, -0.2) is 0 Å². The summed E-state index contributed by atoms with van der Waals surface area (Å²) in [4.78, 5) is 18.8. The quantitative estimate of drug-likeness (QED) is 0.586. The fourth-order valence-electron chi connectivity index (χ4n) is 1.79. The van der Waals surface area contributed by atoms with Crippen molar-refractivity contribution < 1.29 is 9.63 Å². The number of anilines is 1. The molecule has 0 spiro atoms. The number of carbonyl (C=O) groups excluding carboxylic acids is 1. The Hall–Kier alpha value is -2.10. The van der Waals surface area contributed by atoms with Crippen molar-refractivity contribution >= 4 is 17.3 Å². The molecule has 0 fully saturated rings. The van der Waals surface area contributed by atoms with Crippen LogP contribution in [-0.4, -0.2) is 24.8 Å². The van der Waals surface area contributed by atoms with Gasteiger partial charge in [0.15, 0.2) is 5.71 Å². The molecule has 1 heterocycles. The van der Waals surface area contributed by atoms with E-state index >= 15 is 0 Å². The van der Waals surface area contributed by atoms with Crippen LogP contribution in [0.2, 0.25) is 0 Å². The lowest BCUT2D eigenvalue weighted by Crippen LogP contribution is -2.30. The minimum atomic E-state index is -0.139. The number of para-hydroxylation sites is 1. The molecule has 0 radical (unpaired) electrons. The molecule has 1 amide bonds. The number of hydrogen-bond donors (Lipinski definition) is 0. The SMILES string of the molecule is C=CCN1C(=O)/C(=N/OCC)c2ccccc21. The van der Waals surface area contributed by atoms with E-state index in [0.29, 0.717) is 18.9 Å². The van der Waals surface area contributed by atoms with Gasteiger partial charge in [-0.1, -0.05) is 29.4 Å². The molecule has 1 aliphatic rings. The van der Waals surface area contributed by atoms with E-state index in [1.54, 1.807) is 11.0 Å². The third-order valence-electron chi connectivity index (χ3n) is 2.49. The number of rotatable bonds is 4. The lowest BCUT2D eigenvalue weighted by Gasteiger charge is -2.13. The molecule has 0 saturated carbocycles. The predicted molar refractivity (Wildman–Crippen MR) is 67.2 cm³/mol. The Kier molecular flexibility index (Phi) is 3.23. The smallest absolute Gasteiger partial charge is 0.281 e. The van der Waals surface area contributed by atoms with Crippen LogP contribution in [0, 0.1) is 0 Å². The van der Waals surface area contributed by atoms with Gasteiger partial charge in [-0.15, -0.1) is 6.58 Å². The lowest BCUT2D eigenvalue weighted by atomic mass is 10.1. The van der Waals surface area contributed by atoms with E-state index in [2.05, 4.69) is 11.7 Å². The molecule has 17 heavy (non-hydrogen) atoms. The predicted octanol–water partition coefficient (Wildman–Crippen LogP) is 1.96. The summed E-state index contributed by atoms with van der Waals surface area (Å²) in [5.41, 5.74) is 2.04. The van der Waals surface area contributed by atoms with Crippen molar-refractivity contribution in [2.24, 2.45) is 5.16 Å². The first-order chi connectivity index (χ1) is 8.29. The number of hydrogen-bond acceptors (Lipinski definition) is 3. The van der Waals surface area contributed by atoms with Gasteiger partial charge in [-0.2, -0.15) is 0 Å². The molecule has 0 aromatic heterocycles. The highest BCUT2D eigenvalue weighted by Crippen LogP contribution is 2.28. The van der Waals surface area contributed by atoms with Crippen LogP contribution in [-0.2, 0) is 9.63 Å². The van der Waals surface area contributed by atoms with Crippen molar-refractivity contribution in [3.8, 4) is 0 Å². The van der Waals surface area contributed by atoms with Gasteiger partial charge < -0.3 is 9.74 Å². The molecule has 1 aliphatic heterocycles. The Morgan fingerprint density at radius 2 is 2.24 bits per heavy atom. The van der Waals surface area contributed by atoms with E-state index in [0.717, 1.165) is 11.3 Å². The Morgan fingerprint density at radius 3 is 2.94 bits per heavy atom. The van der Waals surface area contributed by atoms with Gasteiger partial charge in [0.1, 0.15) is 6.61 Å². The van der Waals surface area contributed by atoms with Gasteiger partial charge in [0.05, 0.1) is 5.69 Å². The highest BCUT2D eigenvalue weighted by Gasteiger charge is 2.33. The molecular weight excluding hydrogens is 216 g/mol. The van der Waals surface area contributed by atoms with Gasteiger partial charge in [-0.3, -0.25) is 4.79 Å². The van der Waals surface area contributed by atoms with Crippen LogP contribution in [0.1, 0.15) is 12.5 Å². The second kappa shape index (κ2) is 4.82. The summed E-state index contributed by atoms with van der Waals surface area (Å²) in [6.07, 6.45) is 1.69. The lowest BCUT2D eigenvalue weighted by molar-refractivity contribution is -0.112. The molecule has 0 atom stereocenters. The zero-order valence-electron chi connectivity index (χ0n) is 9.72. The zero-order valence-corrected chi connectivity index (χ0v) is 9.72. The van der Waals surface area contributed by atoms with Gasteiger partial charge in [0, 0.05) is 12.1 Å².